The van der Waals surface area contributed by atoms with Crippen LogP contribution < -0.4 is 26.3 Å². The van der Waals surface area contributed by atoms with Crippen LogP contribution in [-0.2, 0) is 15.9 Å². The van der Waals surface area contributed by atoms with E-state index >= 15 is 0 Å². The Kier molecular flexibility index (Phi) is 9.16. The van der Waals surface area contributed by atoms with E-state index in [1.807, 2.05) is 0 Å². The molecule has 1 aromatic heterocycles. The van der Waals surface area contributed by atoms with Crippen LogP contribution in [0, 0.1) is 5.82 Å². The summed E-state index contributed by atoms with van der Waals surface area (Å²) in [6.45, 7) is 1.26. The van der Waals surface area contributed by atoms with Gasteiger partial charge in [-0.15, -0.1) is 0 Å². The Labute approximate surface area is 237 Å². The van der Waals surface area contributed by atoms with Crippen molar-refractivity contribution in [1.82, 2.24) is 10.3 Å². The predicted molar refractivity (Wildman–Crippen MR) is 142 cm³/mol. The lowest BCUT2D eigenvalue weighted by Gasteiger charge is -2.32. The molecule has 0 aliphatic rings. The highest BCUT2D eigenvalue weighted by Gasteiger charge is 2.56. The quantitative estimate of drug-likeness (QED) is 0.259. The van der Waals surface area contributed by atoms with Crippen molar-refractivity contribution in [3.8, 4) is 22.8 Å². The van der Waals surface area contributed by atoms with Crippen LogP contribution in [0.2, 0.25) is 5.02 Å². The second kappa shape index (κ2) is 11.9. The van der Waals surface area contributed by atoms with Crippen LogP contribution in [0.5, 0.6) is 11.5 Å². The molecule has 0 bridgehead atoms. The van der Waals surface area contributed by atoms with E-state index in [-0.39, 0.29) is 38.9 Å². The number of ether oxygens (including phenoxy) is 2. The van der Waals surface area contributed by atoms with Crippen molar-refractivity contribution in [1.29, 1.82) is 0 Å². The van der Waals surface area contributed by atoms with E-state index in [0.29, 0.717) is 0 Å². The molecule has 2 aromatic carbocycles. The molecule has 1 atom stereocenters. The summed E-state index contributed by atoms with van der Waals surface area (Å²) in [5.41, 5.74) is 5.64. The number of nitrogens with zero attached hydrogens (tertiary/aromatic N) is 1. The van der Waals surface area contributed by atoms with E-state index in [4.69, 9.17) is 32.5 Å². The Bertz CT molecular complexity index is 1460. The summed E-state index contributed by atoms with van der Waals surface area (Å²) in [5.74, 6) is -2.43. The molecule has 3 rings (SSSR count). The van der Waals surface area contributed by atoms with Gasteiger partial charge in [0, 0.05) is 16.7 Å². The predicted octanol–water partition coefficient (Wildman–Crippen LogP) is 3.79. The summed E-state index contributed by atoms with van der Waals surface area (Å²) in [7, 11) is 1.25. The molecule has 1 heterocycles. The number of rotatable bonds is 10. The normalized spacial score (nSPS) is 13.3. The maximum Gasteiger partial charge on any atom is 0.424 e. The van der Waals surface area contributed by atoms with Crippen molar-refractivity contribution in [3.63, 3.8) is 0 Å². The average Bonchev–Trinajstić information content (AvgIpc) is 2.90. The molecule has 0 radical (unpaired) electrons. The van der Waals surface area contributed by atoms with Crippen molar-refractivity contribution in [3.05, 3.63) is 76.2 Å². The van der Waals surface area contributed by atoms with Gasteiger partial charge in [0.05, 0.1) is 30.1 Å². The highest BCUT2D eigenvalue weighted by Crippen LogP contribution is 2.40. The van der Waals surface area contributed by atoms with Crippen LogP contribution in [0.3, 0.4) is 0 Å². The van der Waals surface area contributed by atoms with E-state index in [0.717, 1.165) is 12.1 Å². The number of halogens is 5. The molecule has 6 N–H and O–H groups in total. The number of alkyl halides is 3. The number of aliphatic hydroxyl groups is 1. The lowest BCUT2D eigenvalue weighted by molar-refractivity contribution is -0.265. The van der Waals surface area contributed by atoms with E-state index in [9.17, 15) is 32.3 Å². The zero-order valence-corrected chi connectivity index (χ0v) is 22.9. The van der Waals surface area contributed by atoms with Gasteiger partial charge in [0.2, 0.25) is 5.60 Å². The summed E-state index contributed by atoms with van der Waals surface area (Å²) in [6, 6.07) is 9.50. The number of benzene rings is 2. The summed E-state index contributed by atoms with van der Waals surface area (Å²) in [5, 5.41) is 12.8. The molecule has 0 fully saturated rings. The molecular weight excluding hydrogens is 572 g/mol. The second-order valence-corrected chi connectivity index (χ2v) is 10.0. The number of carbonyl (C=O) groups excluding carboxylic acids is 2. The highest BCUT2D eigenvalue weighted by molar-refractivity contribution is 6.31. The zero-order chi connectivity index (χ0) is 30.8. The number of nitrogens with one attached hydrogen (secondary N) is 1. The van der Waals surface area contributed by atoms with Crippen molar-refractivity contribution in [2.24, 2.45) is 11.5 Å². The average molecular weight is 599 g/mol. The number of aromatic nitrogens is 1. The number of carbonyl (C=O) groups is 2. The molecule has 0 saturated heterocycles. The van der Waals surface area contributed by atoms with E-state index in [1.54, 1.807) is 0 Å². The molecule has 41 heavy (non-hydrogen) atoms. The van der Waals surface area contributed by atoms with Gasteiger partial charge in [-0.2, -0.15) is 13.2 Å². The topological polar surface area (TPSA) is 150 Å². The van der Waals surface area contributed by atoms with Gasteiger partial charge in [-0.25, -0.2) is 9.37 Å². The molecule has 2 amide bonds. The number of pyridine rings is 1. The fraction of sp³-hybridized carbons (Fsp3) is 0.296. The van der Waals surface area contributed by atoms with Gasteiger partial charge >= 0.3 is 6.18 Å². The van der Waals surface area contributed by atoms with Gasteiger partial charge in [0.25, 0.3) is 11.8 Å². The van der Waals surface area contributed by atoms with Crippen LogP contribution >= 0.6 is 11.6 Å². The fourth-order valence-electron chi connectivity index (χ4n) is 3.64. The Morgan fingerprint density at radius 2 is 1.76 bits per heavy atom. The van der Waals surface area contributed by atoms with Crippen molar-refractivity contribution < 1.29 is 41.7 Å². The second-order valence-electron chi connectivity index (χ2n) is 9.64. The Morgan fingerprint density at radius 3 is 2.32 bits per heavy atom. The number of methoxy groups -OCH3 is 1. The molecule has 1 unspecified atom stereocenters. The van der Waals surface area contributed by atoms with E-state index in [1.165, 1.54) is 57.4 Å². The molecule has 0 saturated carbocycles. The van der Waals surface area contributed by atoms with Gasteiger partial charge in [-0.3, -0.25) is 9.59 Å². The van der Waals surface area contributed by atoms with Gasteiger partial charge in [-0.05, 0) is 67.9 Å². The summed E-state index contributed by atoms with van der Waals surface area (Å²) < 4.78 is 67.3. The van der Waals surface area contributed by atoms with Crippen LogP contribution in [-0.4, -0.2) is 48.3 Å². The smallest absolute Gasteiger partial charge is 0.424 e. The minimum Gasteiger partial charge on any atom is -0.493 e. The number of hydrogen-bond acceptors (Lipinski definition) is 7. The fourth-order valence-corrected chi connectivity index (χ4v) is 3.82. The SMILES string of the molecule is COc1cc(C(=O)NCC(O)(c2cc(C(C)(C)N)cc(-c3ccc(F)c(Cl)c3)n2)C(F)(F)F)ccc1OCC(N)=O. The van der Waals surface area contributed by atoms with Crippen LogP contribution in [0.1, 0.15) is 35.5 Å². The minimum absolute atomic E-state index is 0.00660. The maximum atomic E-state index is 14.4. The summed E-state index contributed by atoms with van der Waals surface area (Å²) in [4.78, 5) is 27.8. The first-order valence-corrected chi connectivity index (χ1v) is 12.3. The van der Waals surface area contributed by atoms with E-state index in [2.05, 4.69) is 10.3 Å². The first-order chi connectivity index (χ1) is 19.0. The Balaban J connectivity index is 2.01. The van der Waals surface area contributed by atoms with Crippen molar-refractivity contribution >= 4 is 23.4 Å². The first-order valence-electron chi connectivity index (χ1n) is 11.9. The minimum atomic E-state index is -5.31. The summed E-state index contributed by atoms with van der Waals surface area (Å²) >= 11 is 5.86. The molecule has 0 spiro atoms. The molecule has 0 aliphatic heterocycles. The lowest BCUT2D eigenvalue weighted by atomic mass is 9.89. The molecular formula is C27H27ClF4N4O5. The third-order valence-electron chi connectivity index (χ3n) is 5.98. The largest absolute Gasteiger partial charge is 0.493 e. The van der Waals surface area contributed by atoms with Gasteiger partial charge in [0.15, 0.2) is 18.1 Å². The molecule has 14 heteroatoms. The van der Waals surface area contributed by atoms with Crippen molar-refractivity contribution in [2.75, 3.05) is 20.3 Å². The molecule has 220 valence electrons. The number of primary amides is 1. The standard InChI is InChI=1S/C27H27ClF4N4O5/c1-25(2,34)16-10-19(14-4-6-18(29)17(28)8-14)36-22(11-16)26(39,27(30,31)32)13-35-24(38)15-5-7-20(21(9-15)40-3)41-12-23(33)37/h4-11,39H,12-13,34H2,1-3H3,(H2,33,37)(H,35,38). The monoisotopic (exact) mass is 598 g/mol. The van der Waals surface area contributed by atoms with Crippen LogP contribution in [0.4, 0.5) is 17.6 Å². The van der Waals surface area contributed by atoms with Crippen molar-refractivity contribution in [2.45, 2.75) is 31.2 Å². The maximum absolute atomic E-state index is 14.4. The molecule has 3 aromatic rings. The third-order valence-corrected chi connectivity index (χ3v) is 6.27. The Hall–Kier alpha value is -3.94. The Morgan fingerprint density at radius 1 is 1.07 bits per heavy atom. The zero-order valence-electron chi connectivity index (χ0n) is 22.1. The molecule has 0 aliphatic carbocycles. The summed E-state index contributed by atoms with van der Waals surface area (Å²) in [6.07, 6.45) is -5.31. The van der Waals surface area contributed by atoms with Gasteiger partial charge in [0.1, 0.15) is 5.82 Å². The van der Waals surface area contributed by atoms with Crippen LogP contribution in [0.15, 0.2) is 48.5 Å². The van der Waals surface area contributed by atoms with Gasteiger partial charge in [-0.1, -0.05) is 11.6 Å². The lowest BCUT2D eigenvalue weighted by Crippen LogP contribution is -2.51. The van der Waals surface area contributed by atoms with Gasteiger partial charge < -0.3 is 31.4 Å². The third kappa shape index (κ3) is 7.23. The van der Waals surface area contributed by atoms with Crippen LogP contribution in [0.25, 0.3) is 11.3 Å². The first kappa shape index (κ1) is 31.6. The highest BCUT2D eigenvalue weighted by atomic mass is 35.5. The number of amides is 2. The number of hydrogen-bond donors (Lipinski definition) is 4. The molecule has 9 nitrogen and oxygen atoms in total. The van der Waals surface area contributed by atoms with E-state index < -0.39 is 53.8 Å². The number of nitrogens with two attached hydrogens (primary N) is 2.